The third-order valence-corrected chi connectivity index (χ3v) is 2.93. The molecule has 0 N–H and O–H groups in total. The molecule has 0 unspecified atom stereocenters. The Kier molecular flexibility index (Phi) is 2.00. The molecule has 0 atom stereocenters. The van der Waals surface area contributed by atoms with Crippen LogP contribution >= 0.6 is 0 Å². The molecule has 79 valence electrons. The van der Waals surface area contributed by atoms with Gasteiger partial charge in [-0.3, -0.25) is 4.98 Å². The molecule has 0 spiro atoms. The van der Waals surface area contributed by atoms with Crippen LogP contribution in [0, 0.1) is 6.07 Å². The number of imidazole rings is 1. The van der Waals surface area contributed by atoms with Crippen LogP contribution in [0.1, 0.15) is 0 Å². The third-order valence-electron chi connectivity index (χ3n) is 2.93. The maximum absolute atomic E-state index is 4.36. The molecule has 4 aromatic rings. The van der Waals surface area contributed by atoms with Crippen molar-refractivity contribution in [3.63, 3.8) is 0 Å². The largest absolute Gasteiger partial charge is 0.347 e. The second-order valence-electron chi connectivity index (χ2n) is 3.76. The molecule has 16 heavy (non-hydrogen) atoms. The molecule has 0 fully saturated rings. The van der Waals surface area contributed by atoms with E-state index in [1.165, 1.54) is 16.2 Å². The first-order valence-electron chi connectivity index (χ1n) is 4.92. The standard InChI is InChI=1S/C13H7N2.Ir/c1-2-9-4-5-10-8-15-7-6-14-13(15)11(3-1)12(9)10;/h1-2,4-8H;/q-1;. The molecule has 2 aromatic heterocycles. The van der Waals surface area contributed by atoms with Gasteiger partial charge >= 0.3 is 0 Å². The smallest absolute Gasteiger partial charge is 0.0604 e. The zero-order valence-corrected chi connectivity index (χ0v) is 10.7. The minimum Gasteiger partial charge on any atom is -0.347 e. The molecule has 0 aliphatic rings. The Hall–Kier alpha value is -1.44. The van der Waals surface area contributed by atoms with Crippen LogP contribution in [0.3, 0.4) is 0 Å². The van der Waals surface area contributed by atoms with Crippen LogP contribution in [0.2, 0.25) is 0 Å². The normalized spacial score (nSPS) is 11.2. The van der Waals surface area contributed by atoms with Crippen LogP contribution in [-0.4, -0.2) is 9.38 Å². The van der Waals surface area contributed by atoms with E-state index >= 15 is 0 Å². The van der Waals surface area contributed by atoms with Crippen molar-refractivity contribution in [3.05, 3.63) is 48.9 Å². The SMILES string of the molecule is [Ir].[c-]1ccc2ccc3cn4ccnc4c1c23. The van der Waals surface area contributed by atoms with Crippen LogP contribution in [0.4, 0.5) is 0 Å². The number of benzene rings is 1. The van der Waals surface area contributed by atoms with E-state index in [1.54, 1.807) is 0 Å². The Morgan fingerprint density at radius 1 is 1.12 bits per heavy atom. The van der Waals surface area contributed by atoms with Gasteiger partial charge < -0.3 is 4.40 Å². The quantitative estimate of drug-likeness (QED) is 0.427. The Morgan fingerprint density at radius 2 is 2.00 bits per heavy atom. The van der Waals surface area contributed by atoms with Gasteiger partial charge in [-0.2, -0.15) is 0 Å². The Balaban J connectivity index is 0.000000810. The number of nitrogens with zero attached hydrogens (tertiary/aromatic N) is 2. The van der Waals surface area contributed by atoms with Crippen molar-refractivity contribution < 1.29 is 20.1 Å². The summed E-state index contributed by atoms with van der Waals surface area (Å²) in [6, 6.07) is 11.6. The number of aromatic nitrogens is 2. The summed E-state index contributed by atoms with van der Waals surface area (Å²) in [7, 11) is 0. The molecule has 2 heterocycles. The fourth-order valence-electron chi connectivity index (χ4n) is 2.27. The summed E-state index contributed by atoms with van der Waals surface area (Å²) in [5.74, 6) is 0. The van der Waals surface area contributed by atoms with Crippen LogP contribution in [-0.2, 0) is 20.1 Å². The molecule has 0 saturated heterocycles. The van der Waals surface area contributed by atoms with Crippen molar-refractivity contribution in [2.75, 3.05) is 0 Å². The van der Waals surface area contributed by atoms with Gasteiger partial charge in [0.15, 0.2) is 0 Å². The van der Waals surface area contributed by atoms with Crippen LogP contribution in [0.5, 0.6) is 0 Å². The average molecular weight is 383 g/mol. The Labute approximate surface area is 106 Å². The molecule has 0 saturated carbocycles. The summed E-state index contributed by atoms with van der Waals surface area (Å²) in [5, 5.41) is 4.91. The summed E-state index contributed by atoms with van der Waals surface area (Å²) >= 11 is 0. The minimum atomic E-state index is 0. The molecule has 1 radical (unpaired) electrons. The van der Waals surface area contributed by atoms with Gasteiger partial charge in [0.25, 0.3) is 0 Å². The fraction of sp³-hybridized carbons (Fsp3) is 0. The van der Waals surface area contributed by atoms with E-state index in [1.807, 2.05) is 22.9 Å². The van der Waals surface area contributed by atoms with Crippen molar-refractivity contribution in [1.82, 2.24) is 9.38 Å². The molecule has 2 aromatic carbocycles. The van der Waals surface area contributed by atoms with Crippen molar-refractivity contribution in [2.24, 2.45) is 0 Å². The van der Waals surface area contributed by atoms with Gasteiger partial charge in [-0.15, -0.1) is 23.6 Å². The van der Waals surface area contributed by atoms with E-state index in [0.29, 0.717) is 0 Å². The Morgan fingerprint density at radius 3 is 2.94 bits per heavy atom. The van der Waals surface area contributed by atoms with Gasteiger partial charge in [0.05, 0.1) is 5.65 Å². The summed E-state index contributed by atoms with van der Waals surface area (Å²) in [6.45, 7) is 0. The van der Waals surface area contributed by atoms with E-state index in [-0.39, 0.29) is 20.1 Å². The molecule has 2 nitrogen and oxygen atoms in total. The molecule has 3 heteroatoms. The molecular weight excluding hydrogens is 376 g/mol. The zero-order valence-electron chi connectivity index (χ0n) is 8.27. The Bertz CT molecular complexity index is 773. The molecule has 4 rings (SSSR count). The van der Waals surface area contributed by atoms with Gasteiger partial charge in [-0.05, 0) is 11.6 Å². The first kappa shape index (κ1) is 9.76. The molecule has 0 aliphatic heterocycles. The summed E-state index contributed by atoms with van der Waals surface area (Å²) < 4.78 is 2.05. The predicted octanol–water partition coefficient (Wildman–Crippen LogP) is 2.88. The van der Waals surface area contributed by atoms with Gasteiger partial charge in [-0.25, -0.2) is 0 Å². The summed E-state index contributed by atoms with van der Waals surface area (Å²) in [6.07, 6.45) is 5.91. The first-order valence-corrected chi connectivity index (χ1v) is 4.92. The number of pyridine rings is 1. The first-order chi connectivity index (χ1) is 7.43. The van der Waals surface area contributed by atoms with Crippen molar-refractivity contribution in [3.8, 4) is 0 Å². The van der Waals surface area contributed by atoms with Gasteiger partial charge in [-0.1, -0.05) is 22.9 Å². The van der Waals surface area contributed by atoms with Crippen molar-refractivity contribution >= 4 is 27.2 Å². The predicted molar refractivity (Wildman–Crippen MR) is 60.2 cm³/mol. The molecule has 0 bridgehead atoms. The average Bonchev–Trinajstić information content (AvgIpc) is 2.87. The van der Waals surface area contributed by atoms with E-state index in [0.717, 1.165) is 11.0 Å². The number of fused-ring (bicyclic) bond motifs is 2. The number of hydrogen-bond donors (Lipinski definition) is 0. The minimum absolute atomic E-state index is 0. The van der Waals surface area contributed by atoms with Crippen LogP contribution in [0.25, 0.3) is 27.2 Å². The maximum Gasteiger partial charge on any atom is 0.0604 e. The van der Waals surface area contributed by atoms with Crippen molar-refractivity contribution in [1.29, 1.82) is 0 Å². The molecule has 0 aliphatic carbocycles. The van der Waals surface area contributed by atoms with Crippen molar-refractivity contribution in [2.45, 2.75) is 0 Å². The summed E-state index contributed by atoms with van der Waals surface area (Å²) in [5.41, 5.74) is 0.985. The van der Waals surface area contributed by atoms with Crippen LogP contribution < -0.4 is 0 Å². The second kappa shape index (κ2) is 3.27. The van der Waals surface area contributed by atoms with Crippen LogP contribution in [0.15, 0.2) is 42.9 Å². The zero-order chi connectivity index (χ0) is 9.83. The second-order valence-corrected chi connectivity index (χ2v) is 3.76. The number of hydrogen-bond acceptors (Lipinski definition) is 1. The van der Waals surface area contributed by atoms with Gasteiger partial charge in [0.2, 0.25) is 0 Å². The van der Waals surface area contributed by atoms with Gasteiger partial charge in [0, 0.05) is 32.5 Å². The maximum atomic E-state index is 4.36. The monoisotopic (exact) mass is 384 g/mol. The third kappa shape index (κ3) is 1.07. The summed E-state index contributed by atoms with van der Waals surface area (Å²) in [4.78, 5) is 4.36. The molecule has 0 amide bonds. The van der Waals surface area contributed by atoms with E-state index in [9.17, 15) is 0 Å². The fourth-order valence-corrected chi connectivity index (χ4v) is 2.27. The van der Waals surface area contributed by atoms with Gasteiger partial charge in [0.1, 0.15) is 0 Å². The number of rotatable bonds is 0. The van der Waals surface area contributed by atoms with E-state index in [2.05, 4.69) is 35.4 Å². The topological polar surface area (TPSA) is 17.3 Å². The van der Waals surface area contributed by atoms with E-state index in [4.69, 9.17) is 0 Å². The molecular formula is C13H7IrN2-. The van der Waals surface area contributed by atoms with E-state index < -0.39 is 0 Å².